The Kier molecular flexibility index (Phi) is 6.20. The highest BCUT2D eigenvalue weighted by Gasteiger charge is 2.15. The summed E-state index contributed by atoms with van der Waals surface area (Å²) in [5.74, 6) is -0.505. The highest BCUT2D eigenvalue weighted by atomic mass is 32.2. The number of carbonyl (C=O) groups is 1. The molecule has 0 aliphatic carbocycles. The van der Waals surface area contributed by atoms with Gasteiger partial charge in [0.05, 0.1) is 5.75 Å². The number of benzene rings is 1. The molecule has 0 aliphatic rings. The lowest BCUT2D eigenvalue weighted by Gasteiger charge is -2.08. The van der Waals surface area contributed by atoms with Gasteiger partial charge < -0.3 is 5.32 Å². The van der Waals surface area contributed by atoms with Crippen molar-refractivity contribution in [1.82, 2.24) is 5.32 Å². The summed E-state index contributed by atoms with van der Waals surface area (Å²) in [6.45, 7) is 1.58. The van der Waals surface area contributed by atoms with Crippen molar-refractivity contribution in [2.45, 2.75) is 11.1 Å². The van der Waals surface area contributed by atoms with E-state index in [2.05, 4.69) is 10.0 Å². The summed E-state index contributed by atoms with van der Waals surface area (Å²) in [7, 11) is -6.77. The number of sulfonamides is 1. The number of sulfone groups is 1. The van der Waals surface area contributed by atoms with E-state index in [0.29, 0.717) is 11.3 Å². The van der Waals surface area contributed by atoms with Gasteiger partial charge in [0.25, 0.3) is 15.9 Å². The Labute approximate surface area is 151 Å². The Morgan fingerprint density at radius 2 is 1.76 bits per heavy atom. The summed E-state index contributed by atoms with van der Waals surface area (Å²) in [4.78, 5) is 12.0. The minimum Gasteiger partial charge on any atom is -0.351 e. The maximum absolute atomic E-state index is 12.1. The third-order valence-corrected chi connectivity index (χ3v) is 7.78. The largest absolute Gasteiger partial charge is 0.351 e. The zero-order valence-corrected chi connectivity index (χ0v) is 15.9. The van der Waals surface area contributed by atoms with Crippen LogP contribution < -0.4 is 10.0 Å². The van der Waals surface area contributed by atoms with Crippen molar-refractivity contribution in [3.8, 4) is 0 Å². The molecule has 25 heavy (non-hydrogen) atoms. The molecule has 0 fully saturated rings. The van der Waals surface area contributed by atoms with Gasteiger partial charge in [-0.2, -0.15) is 0 Å². The molecule has 0 atom stereocenters. The standard InChI is InChI=1S/C15H18N2O5S3/c1-2-24(19,20)11-9-16-15(18)12-5-7-13(8-6-12)17-25(21,22)14-4-3-10-23-14/h3-8,10,17H,2,9,11H2,1H3,(H,16,18). The van der Waals surface area contributed by atoms with Crippen LogP contribution in [-0.2, 0) is 19.9 Å². The van der Waals surface area contributed by atoms with E-state index >= 15 is 0 Å². The number of thiophene rings is 1. The molecule has 1 aromatic heterocycles. The van der Waals surface area contributed by atoms with Gasteiger partial charge in [0.1, 0.15) is 4.21 Å². The van der Waals surface area contributed by atoms with E-state index in [0.717, 1.165) is 11.3 Å². The third-order valence-electron chi connectivity index (χ3n) is 3.30. The van der Waals surface area contributed by atoms with Crippen LogP contribution in [0, 0.1) is 0 Å². The number of hydrogen-bond acceptors (Lipinski definition) is 6. The zero-order chi connectivity index (χ0) is 18.5. The number of hydrogen-bond donors (Lipinski definition) is 2. The fourth-order valence-electron chi connectivity index (χ4n) is 1.88. The molecule has 0 radical (unpaired) electrons. The minimum absolute atomic E-state index is 0.0295. The zero-order valence-electron chi connectivity index (χ0n) is 13.4. The summed E-state index contributed by atoms with van der Waals surface area (Å²) >= 11 is 1.11. The molecule has 0 aliphatic heterocycles. The summed E-state index contributed by atoms with van der Waals surface area (Å²) < 4.78 is 49.6. The topological polar surface area (TPSA) is 109 Å². The van der Waals surface area contributed by atoms with Crippen molar-refractivity contribution in [1.29, 1.82) is 0 Å². The first-order valence-corrected chi connectivity index (χ1v) is 11.6. The number of anilines is 1. The van der Waals surface area contributed by atoms with Gasteiger partial charge in [-0.3, -0.25) is 9.52 Å². The van der Waals surface area contributed by atoms with E-state index in [9.17, 15) is 21.6 Å². The van der Waals surface area contributed by atoms with Gasteiger partial charge in [-0.05, 0) is 35.7 Å². The van der Waals surface area contributed by atoms with E-state index < -0.39 is 25.8 Å². The van der Waals surface area contributed by atoms with Crippen molar-refractivity contribution in [2.75, 3.05) is 22.8 Å². The van der Waals surface area contributed by atoms with Crippen LogP contribution >= 0.6 is 11.3 Å². The summed E-state index contributed by atoms with van der Waals surface area (Å²) in [5.41, 5.74) is 0.645. The van der Waals surface area contributed by atoms with Crippen LogP contribution in [0.1, 0.15) is 17.3 Å². The van der Waals surface area contributed by atoms with E-state index in [1.165, 1.54) is 30.3 Å². The highest BCUT2D eigenvalue weighted by Crippen LogP contribution is 2.20. The van der Waals surface area contributed by atoms with Crippen LogP contribution in [-0.4, -0.2) is 40.8 Å². The fourth-order valence-corrected chi connectivity index (χ4v) is 4.63. The fraction of sp³-hybridized carbons (Fsp3) is 0.267. The highest BCUT2D eigenvalue weighted by molar-refractivity contribution is 7.94. The first-order valence-electron chi connectivity index (χ1n) is 7.38. The molecule has 0 spiro atoms. The van der Waals surface area contributed by atoms with Crippen LogP contribution in [0.3, 0.4) is 0 Å². The lowest BCUT2D eigenvalue weighted by molar-refractivity contribution is 0.0956. The molecule has 1 heterocycles. The second-order valence-corrected chi connectivity index (χ2v) is 10.4. The normalized spacial score (nSPS) is 11.9. The van der Waals surface area contributed by atoms with E-state index in [1.807, 2.05) is 0 Å². The number of amides is 1. The third kappa shape index (κ3) is 5.55. The second-order valence-electron chi connectivity index (χ2n) is 5.11. The maximum atomic E-state index is 12.1. The Morgan fingerprint density at radius 1 is 1.08 bits per heavy atom. The first kappa shape index (κ1) is 19.4. The lowest BCUT2D eigenvalue weighted by Crippen LogP contribution is -2.29. The van der Waals surface area contributed by atoms with Crippen molar-refractivity contribution >= 4 is 42.8 Å². The SMILES string of the molecule is CCS(=O)(=O)CCNC(=O)c1ccc(NS(=O)(=O)c2cccs2)cc1. The van der Waals surface area contributed by atoms with Crippen LogP contribution in [0.4, 0.5) is 5.69 Å². The molecular formula is C15H18N2O5S3. The number of rotatable bonds is 8. The Morgan fingerprint density at radius 3 is 2.32 bits per heavy atom. The number of carbonyl (C=O) groups excluding carboxylic acids is 1. The summed E-state index contributed by atoms with van der Waals surface area (Å²) in [6, 6.07) is 9.03. The molecule has 2 rings (SSSR count). The smallest absolute Gasteiger partial charge is 0.271 e. The molecule has 0 saturated carbocycles. The molecule has 2 N–H and O–H groups in total. The van der Waals surface area contributed by atoms with E-state index in [4.69, 9.17) is 0 Å². The molecule has 1 aromatic carbocycles. The van der Waals surface area contributed by atoms with Crippen LogP contribution in [0.15, 0.2) is 46.0 Å². The minimum atomic E-state index is -3.64. The Bertz CT molecular complexity index is 918. The van der Waals surface area contributed by atoms with Crippen LogP contribution in [0.5, 0.6) is 0 Å². The predicted molar refractivity (Wildman–Crippen MR) is 98.2 cm³/mol. The maximum Gasteiger partial charge on any atom is 0.271 e. The summed E-state index contributed by atoms with van der Waals surface area (Å²) in [5, 5.41) is 4.19. The van der Waals surface area contributed by atoms with Crippen LogP contribution in [0.25, 0.3) is 0 Å². The Hall–Kier alpha value is -1.91. The predicted octanol–water partition coefficient (Wildman–Crippen LogP) is 1.71. The quantitative estimate of drug-likeness (QED) is 0.699. The lowest BCUT2D eigenvalue weighted by atomic mass is 10.2. The summed E-state index contributed by atoms with van der Waals surface area (Å²) in [6.07, 6.45) is 0. The van der Waals surface area contributed by atoms with Gasteiger partial charge in [-0.15, -0.1) is 11.3 Å². The number of nitrogens with one attached hydrogen (secondary N) is 2. The Balaban J connectivity index is 1.96. The molecule has 1 amide bonds. The molecule has 0 unspecified atom stereocenters. The van der Waals surface area contributed by atoms with Gasteiger partial charge in [0.15, 0.2) is 9.84 Å². The van der Waals surface area contributed by atoms with Crippen molar-refractivity contribution < 1.29 is 21.6 Å². The molecule has 0 saturated heterocycles. The van der Waals surface area contributed by atoms with Gasteiger partial charge in [-0.25, -0.2) is 16.8 Å². The van der Waals surface area contributed by atoms with Crippen molar-refractivity contribution in [3.05, 3.63) is 47.3 Å². The van der Waals surface area contributed by atoms with Crippen LogP contribution in [0.2, 0.25) is 0 Å². The van der Waals surface area contributed by atoms with E-state index in [-0.39, 0.29) is 22.3 Å². The van der Waals surface area contributed by atoms with Crippen molar-refractivity contribution in [3.63, 3.8) is 0 Å². The average molecular weight is 403 g/mol. The van der Waals surface area contributed by atoms with Gasteiger partial charge in [0, 0.05) is 23.5 Å². The van der Waals surface area contributed by atoms with Crippen molar-refractivity contribution in [2.24, 2.45) is 0 Å². The van der Waals surface area contributed by atoms with Gasteiger partial charge in [-0.1, -0.05) is 13.0 Å². The molecule has 0 bridgehead atoms. The van der Waals surface area contributed by atoms with E-state index in [1.54, 1.807) is 18.4 Å². The molecule has 7 nitrogen and oxygen atoms in total. The average Bonchev–Trinajstić information content (AvgIpc) is 3.10. The van der Waals surface area contributed by atoms with Gasteiger partial charge in [0.2, 0.25) is 0 Å². The molecular weight excluding hydrogens is 384 g/mol. The monoisotopic (exact) mass is 402 g/mol. The van der Waals surface area contributed by atoms with Gasteiger partial charge >= 0.3 is 0 Å². The first-order chi connectivity index (χ1) is 11.7. The molecule has 136 valence electrons. The molecule has 2 aromatic rings. The molecule has 10 heteroatoms. The second kappa shape index (κ2) is 7.98.